The monoisotopic (exact) mass is 284 g/mol. The molecule has 1 rings (SSSR count). The standard InChI is InChI=1S/C13H17ClN2O3/c1-2-19-12(17)7-8-15-13(18)16-9-10-3-5-11(14)6-4-10/h3-6H,2,7-9H2,1H3,(H2,15,16,18). The molecule has 0 aliphatic rings. The van der Waals surface area contributed by atoms with Gasteiger partial charge in [0.1, 0.15) is 0 Å². The summed E-state index contributed by atoms with van der Waals surface area (Å²) in [7, 11) is 0. The van der Waals surface area contributed by atoms with E-state index in [-0.39, 0.29) is 25.0 Å². The number of amides is 2. The van der Waals surface area contributed by atoms with Crippen LogP contribution in [0, 0.1) is 0 Å². The SMILES string of the molecule is CCOC(=O)CCNC(=O)NCc1ccc(Cl)cc1. The van der Waals surface area contributed by atoms with E-state index in [1.54, 1.807) is 19.1 Å². The molecule has 0 aliphatic carbocycles. The Bertz CT molecular complexity index is 420. The summed E-state index contributed by atoms with van der Waals surface area (Å²) in [5, 5.41) is 5.91. The summed E-state index contributed by atoms with van der Waals surface area (Å²) in [6.07, 6.45) is 0.169. The number of rotatable bonds is 6. The zero-order valence-corrected chi connectivity index (χ0v) is 11.5. The first-order valence-electron chi connectivity index (χ1n) is 6.03. The van der Waals surface area contributed by atoms with Crippen LogP contribution in [0.1, 0.15) is 18.9 Å². The topological polar surface area (TPSA) is 67.4 Å². The maximum atomic E-state index is 11.4. The molecule has 0 saturated carbocycles. The first-order chi connectivity index (χ1) is 9.11. The van der Waals surface area contributed by atoms with Crippen molar-refractivity contribution in [2.45, 2.75) is 19.9 Å². The highest BCUT2D eigenvalue weighted by Gasteiger charge is 2.04. The molecule has 0 fully saturated rings. The van der Waals surface area contributed by atoms with E-state index in [1.165, 1.54) is 0 Å². The van der Waals surface area contributed by atoms with Gasteiger partial charge in [-0.2, -0.15) is 0 Å². The van der Waals surface area contributed by atoms with Gasteiger partial charge in [0.25, 0.3) is 0 Å². The smallest absolute Gasteiger partial charge is 0.315 e. The molecular formula is C13H17ClN2O3. The number of carbonyl (C=O) groups excluding carboxylic acids is 2. The van der Waals surface area contributed by atoms with Gasteiger partial charge in [-0.15, -0.1) is 0 Å². The molecule has 0 unspecified atom stereocenters. The molecule has 0 aliphatic heterocycles. The molecule has 2 N–H and O–H groups in total. The van der Waals surface area contributed by atoms with Crippen molar-refractivity contribution in [3.05, 3.63) is 34.9 Å². The van der Waals surface area contributed by atoms with Crippen LogP contribution in [0.2, 0.25) is 5.02 Å². The minimum Gasteiger partial charge on any atom is -0.466 e. The first-order valence-corrected chi connectivity index (χ1v) is 6.41. The number of ether oxygens (including phenoxy) is 1. The second-order valence-electron chi connectivity index (χ2n) is 3.79. The van der Waals surface area contributed by atoms with Gasteiger partial charge in [-0.3, -0.25) is 4.79 Å². The Kier molecular flexibility index (Phi) is 6.74. The van der Waals surface area contributed by atoms with Gasteiger partial charge >= 0.3 is 12.0 Å². The maximum Gasteiger partial charge on any atom is 0.315 e. The van der Waals surface area contributed by atoms with Gasteiger partial charge in [-0.1, -0.05) is 23.7 Å². The van der Waals surface area contributed by atoms with E-state index in [0.29, 0.717) is 18.2 Å². The molecule has 0 saturated heterocycles. The number of nitrogens with one attached hydrogen (secondary N) is 2. The average molecular weight is 285 g/mol. The zero-order valence-electron chi connectivity index (χ0n) is 10.7. The lowest BCUT2D eigenvalue weighted by molar-refractivity contribution is -0.142. The zero-order chi connectivity index (χ0) is 14.1. The molecule has 0 spiro atoms. The van der Waals surface area contributed by atoms with Gasteiger partial charge < -0.3 is 15.4 Å². The fourth-order valence-corrected chi connectivity index (χ4v) is 1.48. The number of hydrogen-bond donors (Lipinski definition) is 2. The molecule has 0 atom stereocenters. The van der Waals surface area contributed by atoms with Gasteiger partial charge in [0.2, 0.25) is 0 Å². The van der Waals surface area contributed by atoms with E-state index in [1.807, 2.05) is 12.1 Å². The fourth-order valence-electron chi connectivity index (χ4n) is 1.36. The van der Waals surface area contributed by atoms with Crippen molar-refractivity contribution < 1.29 is 14.3 Å². The molecule has 1 aromatic carbocycles. The molecule has 2 amide bonds. The molecule has 0 radical (unpaired) electrons. The summed E-state index contributed by atoms with van der Waals surface area (Å²) in [4.78, 5) is 22.5. The molecule has 1 aromatic rings. The number of halogens is 1. The van der Waals surface area contributed by atoms with Crippen LogP contribution >= 0.6 is 11.6 Å². The van der Waals surface area contributed by atoms with E-state index in [2.05, 4.69) is 10.6 Å². The van der Waals surface area contributed by atoms with Crippen molar-refractivity contribution in [2.75, 3.05) is 13.2 Å². The van der Waals surface area contributed by atoms with E-state index >= 15 is 0 Å². The minimum absolute atomic E-state index is 0.169. The molecule has 19 heavy (non-hydrogen) atoms. The Morgan fingerprint density at radius 3 is 2.53 bits per heavy atom. The van der Waals surface area contributed by atoms with Crippen LogP contribution in [0.25, 0.3) is 0 Å². The molecule has 0 bridgehead atoms. The summed E-state index contributed by atoms with van der Waals surface area (Å²) in [5.74, 6) is -0.319. The van der Waals surface area contributed by atoms with Crippen LogP contribution in [0.5, 0.6) is 0 Å². The van der Waals surface area contributed by atoms with E-state index in [9.17, 15) is 9.59 Å². The molecule has 0 heterocycles. The first kappa shape index (κ1) is 15.3. The van der Waals surface area contributed by atoms with Crippen molar-refractivity contribution in [2.24, 2.45) is 0 Å². The average Bonchev–Trinajstić information content (AvgIpc) is 2.38. The quantitative estimate of drug-likeness (QED) is 0.786. The lowest BCUT2D eigenvalue weighted by Gasteiger charge is -2.07. The lowest BCUT2D eigenvalue weighted by Crippen LogP contribution is -2.36. The van der Waals surface area contributed by atoms with E-state index < -0.39 is 0 Å². The van der Waals surface area contributed by atoms with E-state index in [0.717, 1.165) is 5.56 Å². The number of esters is 1. The van der Waals surface area contributed by atoms with Gasteiger partial charge in [0, 0.05) is 18.1 Å². The third-order valence-corrected chi connectivity index (χ3v) is 2.54. The molecule has 6 heteroatoms. The number of hydrogen-bond acceptors (Lipinski definition) is 3. The normalized spacial score (nSPS) is 9.79. The van der Waals surface area contributed by atoms with Crippen LogP contribution < -0.4 is 10.6 Å². The molecule has 5 nitrogen and oxygen atoms in total. The highest BCUT2D eigenvalue weighted by Crippen LogP contribution is 2.08. The molecular weight excluding hydrogens is 268 g/mol. The summed E-state index contributed by atoms with van der Waals surface area (Å²) in [6.45, 7) is 2.75. The van der Waals surface area contributed by atoms with Crippen molar-refractivity contribution in [3.63, 3.8) is 0 Å². The van der Waals surface area contributed by atoms with Gasteiger partial charge in [0.05, 0.1) is 13.0 Å². The van der Waals surface area contributed by atoms with Crippen LogP contribution in [-0.2, 0) is 16.1 Å². The number of urea groups is 1. The van der Waals surface area contributed by atoms with Crippen molar-refractivity contribution >= 4 is 23.6 Å². The number of benzene rings is 1. The third-order valence-electron chi connectivity index (χ3n) is 2.29. The summed E-state index contributed by atoms with van der Waals surface area (Å²) in [6, 6.07) is 6.87. The largest absolute Gasteiger partial charge is 0.466 e. The molecule has 104 valence electrons. The lowest BCUT2D eigenvalue weighted by atomic mass is 10.2. The molecule has 0 aromatic heterocycles. The van der Waals surface area contributed by atoms with Gasteiger partial charge in [0.15, 0.2) is 0 Å². The second-order valence-corrected chi connectivity index (χ2v) is 4.23. The highest BCUT2D eigenvalue weighted by molar-refractivity contribution is 6.30. The fraction of sp³-hybridized carbons (Fsp3) is 0.385. The minimum atomic E-state index is -0.320. The third kappa shape index (κ3) is 6.67. The van der Waals surface area contributed by atoms with Crippen LogP contribution in [0.15, 0.2) is 24.3 Å². The van der Waals surface area contributed by atoms with E-state index in [4.69, 9.17) is 16.3 Å². The Morgan fingerprint density at radius 1 is 1.21 bits per heavy atom. The number of carbonyl (C=O) groups is 2. The van der Waals surface area contributed by atoms with Gasteiger partial charge in [-0.05, 0) is 24.6 Å². The van der Waals surface area contributed by atoms with Crippen molar-refractivity contribution in [3.8, 4) is 0 Å². The van der Waals surface area contributed by atoms with Crippen LogP contribution in [-0.4, -0.2) is 25.2 Å². The van der Waals surface area contributed by atoms with Crippen molar-refractivity contribution in [1.29, 1.82) is 0 Å². The Labute approximate surface area is 117 Å². The predicted octanol–water partition coefficient (Wildman–Crippen LogP) is 2.09. The highest BCUT2D eigenvalue weighted by atomic mass is 35.5. The summed E-state index contributed by atoms with van der Waals surface area (Å²) >= 11 is 5.75. The predicted molar refractivity (Wildman–Crippen MR) is 72.9 cm³/mol. The van der Waals surface area contributed by atoms with Crippen LogP contribution in [0.3, 0.4) is 0 Å². The van der Waals surface area contributed by atoms with Gasteiger partial charge in [-0.25, -0.2) is 4.79 Å². The second kappa shape index (κ2) is 8.37. The summed E-state index contributed by atoms with van der Waals surface area (Å²) in [5.41, 5.74) is 0.949. The Morgan fingerprint density at radius 2 is 1.89 bits per heavy atom. The van der Waals surface area contributed by atoms with Crippen LogP contribution in [0.4, 0.5) is 4.79 Å². The Hall–Kier alpha value is -1.75. The Balaban J connectivity index is 2.17. The van der Waals surface area contributed by atoms with Crippen molar-refractivity contribution in [1.82, 2.24) is 10.6 Å². The maximum absolute atomic E-state index is 11.4. The summed E-state index contributed by atoms with van der Waals surface area (Å²) < 4.78 is 4.74.